The first-order chi connectivity index (χ1) is 27.1. The summed E-state index contributed by atoms with van der Waals surface area (Å²) >= 11 is 6.45. The highest BCUT2D eigenvalue weighted by Crippen LogP contribution is 2.50. The molecule has 1 aliphatic heterocycles. The maximum absolute atomic E-state index is 14.5. The van der Waals surface area contributed by atoms with Crippen LogP contribution in [0.2, 0.25) is 5.02 Å². The lowest BCUT2D eigenvalue weighted by molar-refractivity contribution is -0.159. The maximum atomic E-state index is 14.5. The Morgan fingerprint density at radius 2 is 1.53 bits per heavy atom. The van der Waals surface area contributed by atoms with Crippen LogP contribution in [0.5, 0.6) is 0 Å². The summed E-state index contributed by atoms with van der Waals surface area (Å²) in [4.78, 5) is 73.0. The Bertz CT molecular complexity index is 1570. The van der Waals surface area contributed by atoms with Gasteiger partial charge in [0, 0.05) is 38.8 Å². The van der Waals surface area contributed by atoms with Crippen molar-refractivity contribution in [2.75, 3.05) is 28.3 Å². The fraction of sp³-hybridized carbons (Fsp3) is 0.750. The fourth-order valence-corrected chi connectivity index (χ4v) is 8.72. The van der Waals surface area contributed by atoms with Crippen molar-refractivity contribution >= 4 is 41.2 Å². The summed E-state index contributed by atoms with van der Waals surface area (Å²) in [5.41, 5.74) is -0.0869. The zero-order valence-electron chi connectivity index (χ0n) is 37.4. The van der Waals surface area contributed by atoms with Gasteiger partial charge in [0.2, 0.25) is 23.6 Å². The lowest BCUT2D eigenvalue weighted by Crippen LogP contribution is -2.59. The van der Waals surface area contributed by atoms with Crippen LogP contribution in [0, 0.1) is 29.6 Å². The van der Waals surface area contributed by atoms with E-state index >= 15 is 0 Å². The molecule has 1 aliphatic carbocycles. The van der Waals surface area contributed by atoms with Gasteiger partial charge in [-0.3, -0.25) is 19.2 Å². The first-order valence-corrected chi connectivity index (χ1v) is 21.4. The Kier molecular flexibility index (Phi) is 18.0. The number of likely N-dealkylation sites (tertiary alicyclic amines) is 1. The molecule has 1 aromatic carbocycles. The van der Waals surface area contributed by atoms with Crippen molar-refractivity contribution in [1.29, 1.82) is 0 Å². The van der Waals surface area contributed by atoms with E-state index in [1.54, 1.807) is 65.9 Å². The number of rotatable bonds is 21. The Morgan fingerprint density at radius 3 is 2.05 bits per heavy atom. The minimum absolute atomic E-state index is 0.00624. The Morgan fingerprint density at radius 1 is 0.914 bits per heavy atom. The van der Waals surface area contributed by atoms with Gasteiger partial charge in [-0.25, -0.2) is 4.79 Å². The van der Waals surface area contributed by atoms with Crippen LogP contribution >= 0.6 is 11.6 Å². The molecule has 0 spiro atoms. The number of halogens is 1. The van der Waals surface area contributed by atoms with Crippen LogP contribution in [0.25, 0.3) is 0 Å². The molecule has 0 bridgehead atoms. The van der Waals surface area contributed by atoms with E-state index in [0.717, 1.165) is 12.8 Å². The topological polar surface area (TPSA) is 156 Å². The number of amides is 4. The first-order valence-electron chi connectivity index (χ1n) is 21.0. The third kappa shape index (κ3) is 12.4. The SMILES string of the molecule is CC[C@H](C)[C@@H]([C@@H](CC(=O)N1[C@H]2C[C@H]2C[C@H]1[C@H](OC)[C@@H](C)C(=O)N[C@@H](Cc1ccccc1Cl)C(=O)OC(C)(C)C)OC)N(C)C(=O)[C@@H](NC(=O)[C@@H](NC)C(C)C)C(C)C. The molecule has 3 rings (SSSR count). The molecule has 0 unspecified atom stereocenters. The van der Waals surface area contributed by atoms with Crippen molar-refractivity contribution in [2.24, 2.45) is 29.6 Å². The largest absolute Gasteiger partial charge is 0.458 e. The number of hydrogen-bond donors (Lipinski definition) is 3. The molecule has 4 amide bonds. The van der Waals surface area contributed by atoms with Crippen LogP contribution in [-0.2, 0) is 44.6 Å². The molecular weight excluding hydrogens is 762 g/mol. The monoisotopic (exact) mass is 834 g/mol. The van der Waals surface area contributed by atoms with Gasteiger partial charge in [-0.15, -0.1) is 0 Å². The molecule has 58 heavy (non-hydrogen) atoms. The molecule has 1 saturated carbocycles. The Labute approximate surface area is 352 Å². The van der Waals surface area contributed by atoms with Crippen LogP contribution in [0.3, 0.4) is 0 Å². The summed E-state index contributed by atoms with van der Waals surface area (Å²) in [6.45, 7) is 18.8. The molecule has 0 aromatic heterocycles. The predicted octanol–water partition coefficient (Wildman–Crippen LogP) is 5.01. The van der Waals surface area contributed by atoms with Crippen LogP contribution in [0.15, 0.2) is 24.3 Å². The second kappa shape index (κ2) is 21.3. The smallest absolute Gasteiger partial charge is 0.329 e. The van der Waals surface area contributed by atoms with Crippen molar-refractivity contribution in [2.45, 2.75) is 155 Å². The molecule has 328 valence electrons. The lowest BCUT2D eigenvalue weighted by atomic mass is 9.89. The number of ether oxygens (including phenoxy) is 3. The summed E-state index contributed by atoms with van der Waals surface area (Å²) in [5, 5.41) is 9.44. The number of esters is 1. The van der Waals surface area contributed by atoms with Gasteiger partial charge in [0.1, 0.15) is 17.7 Å². The number of benzene rings is 1. The van der Waals surface area contributed by atoms with E-state index in [1.807, 2.05) is 58.6 Å². The number of piperidine rings is 1. The van der Waals surface area contributed by atoms with Gasteiger partial charge in [-0.1, -0.05) is 84.7 Å². The average molecular weight is 835 g/mol. The summed E-state index contributed by atoms with van der Waals surface area (Å²) in [7, 11) is 6.55. The van der Waals surface area contributed by atoms with Crippen LogP contribution in [-0.4, -0.2) is 122 Å². The highest BCUT2D eigenvalue weighted by atomic mass is 35.5. The van der Waals surface area contributed by atoms with Crippen molar-refractivity contribution < 1.29 is 38.2 Å². The third-order valence-electron chi connectivity index (χ3n) is 12.0. The number of hydrogen-bond acceptors (Lipinski definition) is 9. The van der Waals surface area contributed by atoms with Crippen molar-refractivity contribution in [3.63, 3.8) is 0 Å². The maximum Gasteiger partial charge on any atom is 0.329 e. The van der Waals surface area contributed by atoms with E-state index in [-0.39, 0.29) is 60.3 Å². The Balaban J connectivity index is 1.84. The first kappa shape index (κ1) is 49.1. The van der Waals surface area contributed by atoms with E-state index in [0.29, 0.717) is 17.0 Å². The number of methoxy groups -OCH3 is 2. The molecule has 1 saturated heterocycles. The second-order valence-corrected chi connectivity index (χ2v) is 18.5. The van der Waals surface area contributed by atoms with Gasteiger partial charge in [0.25, 0.3) is 0 Å². The minimum atomic E-state index is -1.01. The number of nitrogens with zero attached hydrogens (tertiary/aromatic N) is 2. The quantitative estimate of drug-likeness (QED) is 0.145. The standard InChI is InChI=1S/C44H72ClN5O8/c1-15-26(6)38(49(12)42(54)37(25(4)5)48-41(53)36(46-11)24(2)3)34(56-13)23-35(51)50-32-21-29(32)22-33(50)39(57-14)27(7)40(52)47-31(43(55)58-44(8,9)10)20-28-18-16-17-19-30(28)45/h16-19,24-27,29,31-34,36-39,46H,15,20-23H2,1-14H3,(H,47,52)(H,48,53)/t26-,27+,29-,31-,32-,33-,34+,36-,37-,38-,39+/m0/s1. The van der Waals surface area contributed by atoms with E-state index in [9.17, 15) is 24.0 Å². The van der Waals surface area contributed by atoms with Gasteiger partial charge >= 0.3 is 5.97 Å². The highest BCUT2D eigenvalue weighted by Gasteiger charge is 2.57. The minimum Gasteiger partial charge on any atom is -0.458 e. The third-order valence-corrected chi connectivity index (χ3v) is 12.3. The van der Waals surface area contributed by atoms with Crippen molar-refractivity contribution in [3.8, 4) is 0 Å². The van der Waals surface area contributed by atoms with Crippen molar-refractivity contribution in [1.82, 2.24) is 25.8 Å². The summed E-state index contributed by atoms with van der Waals surface area (Å²) in [5.74, 6) is -2.29. The zero-order valence-corrected chi connectivity index (χ0v) is 38.1. The number of carbonyl (C=O) groups is 5. The molecule has 3 N–H and O–H groups in total. The number of fused-ring (bicyclic) bond motifs is 1. The molecule has 1 aromatic rings. The van der Waals surface area contributed by atoms with Gasteiger partial charge in [-0.2, -0.15) is 0 Å². The Hall–Kier alpha value is -3.26. The van der Waals surface area contributed by atoms with Crippen molar-refractivity contribution in [3.05, 3.63) is 34.9 Å². The lowest BCUT2D eigenvalue weighted by Gasteiger charge is -2.41. The zero-order chi connectivity index (χ0) is 43.8. The molecule has 13 nitrogen and oxygen atoms in total. The second-order valence-electron chi connectivity index (χ2n) is 18.1. The van der Waals surface area contributed by atoms with Gasteiger partial charge in [0.05, 0.1) is 42.7 Å². The summed E-state index contributed by atoms with van der Waals surface area (Å²) in [6, 6.07) is 4.05. The summed E-state index contributed by atoms with van der Waals surface area (Å²) in [6.07, 6.45) is 1.07. The molecule has 11 atom stereocenters. The van der Waals surface area contributed by atoms with Gasteiger partial charge < -0.3 is 40.0 Å². The van der Waals surface area contributed by atoms with Crippen LogP contribution in [0.4, 0.5) is 0 Å². The van der Waals surface area contributed by atoms with Gasteiger partial charge in [-0.05, 0) is 76.0 Å². The van der Waals surface area contributed by atoms with Crippen LogP contribution < -0.4 is 16.0 Å². The van der Waals surface area contributed by atoms with Crippen LogP contribution in [0.1, 0.15) is 100 Å². The van der Waals surface area contributed by atoms with E-state index < -0.39 is 65.8 Å². The van der Waals surface area contributed by atoms with E-state index in [4.69, 9.17) is 25.8 Å². The van der Waals surface area contributed by atoms with E-state index in [2.05, 4.69) is 16.0 Å². The molecule has 14 heteroatoms. The highest BCUT2D eigenvalue weighted by molar-refractivity contribution is 6.31. The molecule has 0 radical (unpaired) electrons. The molecule has 1 heterocycles. The average Bonchev–Trinajstić information content (AvgIpc) is 3.81. The van der Waals surface area contributed by atoms with Gasteiger partial charge in [0.15, 0.2) is 0 Å². The molecular formula is C44H72ClN5O8. The predicted molar refractivity (Wildman–Crippen MR) is 226 cm³/mol. The van der Waals surface area contributed by atoms with E-state index in [1.165, 1.54) is 7.11 Å². The molecule has 2 fully saturated rings. The number of nitrogens with one attached hydrogen (secondary N) is 3. The number of carbonyl (C=O) groups excluding carboxylic acids is 5. The summed E-state index contributed by atoms with van der Waals surface area (Å²) < 4.78 is 17.8. The normalized spacial score (nSPS) is 21.9. The number of likely N-dealkylation sites (N-methyl/N-ethyl adjacent to an activating group) is 2. The fourth-order valence-electron chi connectivity index (χ4n) is 8.50. The molecule has 2 aliphatic rings.